The lowest BCUT2D eigenvalue weighted by Crippen LogP contribution is -2.60. The molecule has 9 heteroatoms. The molecular weight excluding hydrogens is 423 g/mol. The van der Waals surface area contributed by atoms with Crippen LogP contribution in [0.4, 0.5) is 13.2 Å². The van der Waals surface area contributed by atoms with Crippen LogP contribution >= 0.6 is 0 Å². The van der Waals surface area contributed by atoms with E-state index in [1.54, 1.807) is 24.3 Å². The van der Waals surface area contributed by atoms with Gasteiger partial charge in [-0.15, -0.1) is 0 Å². The van der Waals surface area contributed by atoms with Crippen molar-refractivity contribution in [2.24, 2.45) is 0 Å². The number of halogens is 3. The van der Waals surface area contributed by atoms with Crippen molar-refractivity contribution >= 4 is 5.91 Å². The molecule has 1 atom stereocenters. The van der Waals surface area contributed by atoms with E-state index >= 15 is 0 Å². The van der Waals surface area contributed by atoms with Crippen molar-refractivity contribution in [2.45, 2.75) is 25.2 Å². The van der Waals surface area contributed by atoms with Crippen molar-refractivity contribution in [1.29, 1.82) is 0 Å². The van der Waals surface area contributed by atoms with Crippen LogP contribution < -0.4 is 10.4 Å². The van der Waals surface area contributed by atoms with Gasteiger partial charge in [-0.2, -0.15) is 13.2 Å². The van der Waals surface area contributed by atoms with E-state index in [0.29, 0.717) is 4.90 Å². The lowest BCUT2D eigenvalue weighted by molar-refractivity contribution is -0.173. The molecule has 32 heavy (non-hydrogen) atoms. The number of nitrogens with zero attached hydrogens (tertiary/aromatic N) is 3. The number of benzene rings is 2. The van der Waals surface area contributed by atoms with Crippen molar-refractivity contribution in [2.75, 3.05) is 11.7 Å². The molecule has 2 aromatic carbocycles. The maximum atomic E-state index is 13.6. The van der Waals surface area contributed by atoms with Crippen LogP contribution in [0.2, 0.25) is 0 Å². The molecule has 0 aliphatic carbocycles. The normalized spacial score (nSPS) is 15.1. The summed E-state index contributed by atoms with van der Waals surface area (Å²) in [5.74, 6) is -1.96. The minimum atomic E-state index is -4.69. The minimum absolute atomic E-state index is 0.413. The quantitative estimate of drug-likeness (QED) is 0.669. The van der Waals surface area contributed by atoms with Gasteiger partial charge in [0.1, 0.15) is 12.7 Å². The standard InChI is InChI=1S/C23H20F3N3O3/c1-15(23(24,25)26)27-14-29(28-13-12-18(30)21(31)20(28)22(27)32)19(16-8-4-2-5-9-16)17-10-6-3-7-11-17/h2-13,15,19,31H,14H2,1H3. The lowest BCUT2D eigenvalue weighted by atomic mass is 9.98. The Balaban J connectivity index is 1.95. The first-order valence-electron chi connectivity index (χ1n) is 9.89. The number of aromatic hydroxyl groups is 1. The van der Waals surface area contributed by atoms with Crippen molar-refractivity contribution in [3.63, 3.8) is 0 Å². The van der Waals surface area contributed by atoms with Gasteiger partial charge in [-0.3, -0.25) is 19.3 Å². The predicted molar refractivity (Wildman–Crippen MR) is 112 cm³/mol. The predicted octanol–water partition coefficient (Wildman–Crippen LogP) is 3.65. The van der Waals surface area contributed by atoms with Crippen LogP contribution in [0.25, 0.3) is 0 Å². The van der Waals surface area contributed by atoms with E-state index in [1.165, 1.54) is 15.9 Å². The molecule has 3 aromatic rings. The zero-order valence-electron chi connectivity index (χ0n) is 17.0. The summed E-state index contributed by atoms with van der Waals surface area (Å²) in [5.41, 5.74) is 0.173. The van der Waals surface area contributed by atoms with Gasteiger partial charge in [-0.25, -0.2) is 0 Å². The van der Waals surface area contributed by atoms with E-state index in [1.807, 2.05) is 36.4 Å². The number of hydrogen-bond acceptors (Lipinski definition) is 4. The van der Waals surface area contributed by atoms with Crippen LogP contribution in [0.5, 0.6) is 5.75 Å². The summed E-state index contributed by atoms with van der Waals surface area (Å²) in [6.07, 6.45) is -3.40. The van der Waals surface area contributed by atoms with E-state index in [9.17, 15) is 27.9 Å². The topological polar surface area (TPSA) is 65.8 Å². The highest BCUT2D eigenvalue weighted by Gasteiger charge is 2.47. The molecule has 0 bridgehead atoms. The molecule has 1 aliphatic heterocycles. The molecule has 0 saturated carbocycles. The Kier molecular flexibility index (Phi) is 5.41. The van der Waals surface area contributed by atoms with Crippen LogP contribution in [0.1, 0.15) is 34.6 Å². The van der Waals surface area contributed by atoms with Crippen LogP contribution in [0.15, 0.2) is 77.7 Å². The third kappa shape index (κ3) is 3.70. The van der Waals surface area contributed by atoms with Crippen LogP contribution in [-0.4, -0.2) is 39.5 Å². The molecule has 1 unspecified atom stereocenters. The molecule has 1 aromatic heterocycles. The summed E-state index contributed by atoms with van der Waals surface area (Å²) >= 11 is 0. The Morgan fingerprint density at radius 3 is 1.94 bits per heavy atom. The van der Waals surface area contributed by atoms with Crippen molar-refractivity contribution < 1.29 is 23.1 Å². The van der Waals surface area contributed by atoms with Gasteiger partial charge in [0, 0.05) is 12.3 Å². The van der Waals surface area contributed by atoms with Crippen molar-refractivity contribution in [3.8, 4) is 5.75 Å². The first-order chi connectivity index (χ1) is 15.2. The van der Waals surface area contributed by atoms with Crippen LogP contribution in [-0.2, 0) is 0 Å². The number of amides is 1. The monoisotopic (exact) mass is 443 g/mol. The van der Waals surface area contributed by atoms with Gasteiger partial charge in [-0.05, 0) is 18.1 Å². The highest BCUT2D eigenvalue weighted by atomic mass is 19.4. The number of hydrogen-bond donors (Lipinski definition) is 1. The Morgan fingerprint density at radius 2 is 1.44 bits per heavy atom. The summed E-state index contributed by atoms with van der Waals surface area (Å²) in [5, 5.41) is 11.9. The molecular formula is C23H20F3N3O3. The average molecular weight is 443 g/mol. The molecule has 0 radical (unpaired) electrons. The van der Waals surface area contributed by atoms with Gasteiger partial charge in [-0.1, -0.05) is 60.7 Å². The van der Waals surface area contributed by atoms with Gasteiger partial charge in [0.2, 0.25) is 5.43 Å². The highest BCUT2D eigenvalue weighted by Crippen LogP contribution is 2.34. The average Bonchev–Trinajstić information content (AvgIpc) is 2.78. The molecule has 2 heterocycles. The fraction of sp³-hybridized carbons (Fsp3) is 0.217. The van der Waals surface area contributed by atoms with Crippen LogP contribution in [0.3, 0.4) is 0 Å². The summed E-state index contributed by atoms with van der Waals surface area (Å²) in [6, 6.07) is 16.5. The largest absolute Gasteiger partial charge is 0.502 e. The molecule has 0 spiro atoms. The molecule has 1 N–H and O–H groups in total. The molecule has 1 amide bonds. The Morgan fingerprint density at radius 1 is 0.906 bits per heavy atom. The minimum Gasteiger partial charge on any atom is -0.502 e. The highest BCUT2D eigenvalue weighted by molar-refractivity contribution is 5.96. The summed E-state index contributed by atoms with van der Waals surface area (Å²) in [4.78, 5) is 25.7. The first kappa shape index (κ1) is 21.5. The second kappa shape index (κ2) is 8.07. The second-order valence-electron chi connectivity index (χ2n) is 7.52. The number of fused-ring (bicyclic) bond motifs is 1. The third-order valence-corrected chi connectivity index (χ3v) is 5.56. The number of rotatable bonds is 4. The van der Waals surface area contributed by atoms with E-state index in [4.69, 9.17) is 0 Å². The number of pyridine rings is 1. The number of aromatic nitrogens is 1. The molecule has 4 rings (SSSR count). The zero-order chi connectivity index (χ0) is 23.0. The van der Waals surface area contributed by atoms with E-state index in [0.717, 1.165) is 24.1 Å². The summed E-state index contributed by atoms with van der Waals surface area (Å²) in [7, 11) is 0. The number of carbonyl (C=O) groups excluding carboxylic acids is 1. The van der Waals surface area contributed by atoms with E-state index < -0.39 is 47.7 Å². The molecule has 6 nitrogen and oxygen atoms in total. The first-order valence-corrected chi connectivity index (χ1v) is 9.89. The molecule has 1 aliphatic rings. The number of carbonyl (C=O) groups is 1. The smallest absolute Gasteiger partial charge is 0.408 e. The van der Waals surface area contributed by atoms with Crippen molar-refractivity contribution in [3.05, 3.63) is 100.0 Å². The maximum absolute atomic E-state index is 13.6. The molecule has 166 valence electrons. The fourth-order valence-corrected chi connectivity index (χ4v) is 3.84. The van der Waals surface area contributed by atoms with E-state index in [2.05, 4.69) is 0 Å². The molecule has 0 saturated heterocycles. The Bertz CT molecular complexity index is 1140. The Labute approximate surface area is 181 Å². The van der Waals surface area contributed by atoms with Gasteiger partial charge >= 0.3 is 6.18 Å². The number of alkyl halides is 3. The van der Waals surface area contributed by atoms with Gasteiger partial charge < -0.3 is 10.0 Å². The van der Waals surface area contributed by atoms with Gasteiger partial charge in [0.25, 0.3) is 5.91 Å². The maximum Gasteiger partial charge on any atom is 0.408 e. The van der Waals surface area contributed by atoms with E-state index in [-0.39, 0.29) is 0 Å². The summed E-state index contributed by atoms with van der Waals surface area (Å²) < 4.78 is 42.0. The van der Waals surface area contributed by atoms with Gasteiger partial charge in [0.05, 0.1) is 6.04 Å². The fourth-order valence-electron chi connectivity index (χ4n) is 3.84. The summed E-state index contributed by atoms with van der Waals surface area (Å²) in [6.45, 7) is 0.465. The SMILES string of the molecule is CC(N1CN(C(c2ccccc2)c2ccccc2)n2ccc(=O)c(O)c2C1=O)C(F)(F)F. The van der Waals surface area contributed by atoms with Crippen molar-refractivity contribution in [1.82, 2.24) is 9.58 Å². The lowest BCUT2D eigenvalue weighted by Gasteiger charge is -2.45. The Hall–Kier alpha value is -3.75. The van der Waals surface area contributed by atoms with Gasteiger partial charge in [0.15, 0.2) is 11.4 Å². The zero-order valence-corrected chi connectivity index (χ0v) is 17.0. The second-order valence-corrected chi connectivity index (χ2v) is 7.52. The third-order valence-electron chi connectivity index (χ3n) is 5.56. The van der Waals surface area contributed by atoms with Crippen LogP contribution in [0, 0.1) is 0 Å². The molecule has 0 fully saturated rings.